The molecule has 0 saturated heterocycles. The molecule has 0 spiro atoms. The highest BCUT2D eigenvalue weighted by Gasteiger charge is 2.37. The molecule has 1 fully saturated rings. The molecule has 1 heterocycles. The monoisotopic (exact) mass is 538 g/mol. The first-order valence-corrected chi connectivity index (χ1v) is 11.2. The van der Waals surface area contributed by atoms with E-state index in [1.807, 2.05) is 13.6 Å². The molecule has 1 N–H and O–H groups in total. The third kappa shape index (κ3) is 15.7. The first kappa shape index (κ1) is 36.2. The lowest BCUT2D eigenvalue weighted by atomic mass is 9.61. The first-order chi connectivity index (χ1) is 16.9. The molecule has 0 radical (unpaired) electrons. The highest BCUT2D eigenvalue weighted by molar-refractivity contribution is 5.92. The zero-order chi connectivity index (χ0) is 29.6. The number of aromatic amines is 1. The third-order valence-corrected chi connectivity index (χ3v) is 5.47. The predicted octanol–water partition coefficient (Wildman–Crippen LogP) is 7.44. The Labute approximate surface area is 214 Å². The van der Waals surface area contributed by atoms with Crippen LogP contribution in [0.3, 0.4) is 0 Å². The van der Waals surface area contributed by atoms with E-state index >= 15 is 0 Å². The molecule has 37 heavy (non-hydrogen) atoms. The molecule has 1 saturated carbocycles. The van der Waals surface area contributed by atoms with Crippen LogP contribution in [0.25, 0.3) is 0 Å². The van der Waals surface area contributed by atoms with Crippen LogP contribution in [0, 0.1) is 24.2 Å². The summed E-state index contributed by atoms with van der Waals surface area (Å²) in [7, 11) is 0. The Morgan fingerprint density at radius 2 is 1.49 bits per heavy atom. The van der Waals surface area contributed by atoms with Crippen molar-refractivity contribution in [3.63, 3.8) is 0 Å². The van der Waals surface area contributed by atoms with Crippen molar-refractivity contribution in [1.82, 2.24) is 10.2 Å². The Kier molecular flexibility index (Phi) is 15.6. The Hall–Kier alpha value is -2.98. The van der Waals surface area contributed by atoms with Crippen molar-refractivity contribution in [3.8, 4) is 0 Å². The number of H-pyrrole nitrogens is 1. The van der Waals surface area contributed by atoms with E-state index in [2.05, 4.69) is 57.1 Å². The maximum absolute atomic E-state index is 11.9. The number of aryl methyl sites for hydroxylation is 1. The third-order valence-electron chi connectivity index (χ3n) is 5.47. The SMILES string of the molecule is C=O.C=O.CC(=O)c1cc(C(F)(F)F)[nH]n1.CC(F)(F)F.Cc1cccc(CC(C)(C)C2CC(C)C2)c1. The highest BCUT2D eigenvalue weighted by atomic mass is 19.4. The number of nitrogens with zero attached hydrogens (tertiary/aromatic N) is 1. The predicted molar refractivity (Wildman–Crippen MR) is 130 cm³/mol. The van der Waals surface area contributed by atoms with Crippen LogP contribution in [0.4, 0.5) is 26.3 Å². The molecule has 1 aliphatic rings. The average Bonchev–Trinajstić information content (AvgIpc) is 3.25. The number of hydrogen-bond donors (Lipinski definition) is 1. The summed E-state index contributed by atoms with van der Waals surface area (Å²) in [6.45, 7) is 14.8. The molecule has 1 aromatic carbocycles. The standard InChI is InChI=1S/C16H24.C6H5F3N2O.C2H3F3.2CH2O/c1-12-6-5-7-14(8-12)11-16(3,4)15-9-13(2)10-15;1-3(12)4-2-5(11-10-4)6(7,8)9;1-2(3,4)5;2*1-2/h5-8,13,15H,9-11H2,1-4H3;2H,1H3,(H,10,11);1H3;2*1H2. The van der Waals surface area contributed by atoms with Crippen molar-refractivity contribution in [1.29, 1.82) is 0 Å². The Morgan fingerprint density at radius 1 is 1.00 bits per heavy atom. The van der Waals surface area contributed by atoms with E-state index in [4.69, 9.17) is 9.59 Å². The summed E-state index contributed by atoms with van der Waals surface area (Å²) < 4.78 is 66.7. The molecule has 0 amide bonds. The van der Waals surface area contributed by atoms with Gasteiger partial charge in [-0.3, -0.25) is 9.89 Å². The van der Waals surface area contributed by atoms with Gasteiger partial charge in [0.05, 0.1) is 0 Å². The normalized spacial score (nSPS) is 16.5. The maximum Gasteiger partial charge on any atom is 0.432 e. The minimum absolute atomic E-state index is 0.188. The number of nitrogens with one attached hydrogen (secondary N) is 1. The van der Waals surface area contributed by atoms with Crippen molar-refractivity contribution < 1.29 is 40.7 Å². The van der Waals surface area contributed by atoms with E-state index < -0.39 is 23.8 Å². The first-order valence-electron chi connectivity index (χ1n) is 11.2. The number of aromatic nitrogens is 2. The largest absolute Gasteiger partial charge is 0.432 e. The van der Waals surface area contributed by atoms with Gasteiger partial charge in [-0.25, -0.2) is 0 Å². The quantitative estimate of drug-likeness (QED) is 0.324. The van der Waals surface area contributed by atoms with Crippen LogP contribution >= 0.6 is 0 Å². The Balaban J connectivity index is 0. The smallest absolute Gasteiger partial charge is 0.307 e. The number of halogens is 6. The maximum atomic E-state index is 11.9. The molecule has 11 heteroatoms. The molecular weight excluding hydrogens is 502 g/mol. The molecule has 1 aromatic heterocycles. The van der Waals surface area contributed by atoms with Gasteiger partial charge in [-0.05, 0) is 55.1 Å². The van der Waals surface area contributed by atoms with Crippen molar-refractivity contribution >= 4 is 19.4 Å². The van der Waals surface area contributed by atoms with E-state index in [1.165, 1.54) is 30.4 Å². The highest BCUT2D eigenvalue weighted by Crippen LogP contribution is 2.46. The lowest BCUT2D eigenvalue weighted by molar-refractivity contribution is -0.141. The lowest BCUT2D eigenvalue weighted by Crippen LogP contribution is -2.36. The minimum Gasteiger partial charge on any atom is -0.307 e. The van der Waals surface area contributed by atoms with Gasteiger partial charge in [0, 0.05) is 13.8 Å². The fraction of sp³-hybridized carbons (Fsp3) is 0.538. The molecule has 210 valence electrons. The summed E-state index contributed by atoms with van der Waals surface area (Å²) in [5.74, 6) is 1.39. The van der Waals surface area contributed by atoms with Crippen LogP contribution in [0.5, 0.6) is 0 Å². The molecule has 0 atom stereocenters. The van der Waals surface area contributed by atoms with Gasteiger partial charge in [0.15, 0.2) is 5.78 Å². The molecule has 5 nitrogen and oxygen atoms in total. The van der Waals surface area contributed by atoms with Gasteiger partial charge in [-0.1, -0.05) is 50.6 Å². The Morgan fingerprint density at radius 3 is 1.81 bits per heavy atom. The van der Waals surface area contributed by atoms with E-state index in [-0.39, 0.29) is 12.6 Å². The van der Waals surface area contributed by atoms with E-state index in [1.54, 1.807) is 5.10 Å². The molecule has 0 aliphatic heterocycles. The lowest BCUT2D eigenvalue weighted by Gasteiger charge is -2.44. The summed E-state index contributed by atoms with van der Waals surface area (Å²) >= 11 is 0. The summed E-state index contributed by atoms with van der Waals surface area (Å²) in [4.78, 5) is 26.5. The minimum atomic E-state index is -4.47. The second-order valence-electron chi connectivity index (χ2n) is 9.43. The molecule has 0 bridgehead atoms. The van der Waals surface area contributed by atoms with Crippen LogP contribution in [-0.2, 0) is 22.2 Å². The summed E-state index contributed by atoms with van der Waals surface area (Å²) in [6.07, 6.45) is -4.38. The van der Waals surface area contributed by atoms with Gasteiger partial charge >= 0.3 is 12.4 Å². The van der Waals surface area contributed by atoms with E-state index in [0.717, 1.165) is 18.8 Å². The zero-order valence-corrected chi connectivity index (χ0v) is 22.0. The number of carbonyl (C=O) groups excluding carboxylic acids is 3. The fourth-order valence-electron chi connectivity index (χ4n) is 3.68. The zero-order valence-electron chi connectivity index (χ0n) is 22.0. The molecule has 1 aliphatic carbocycles. The van der Waals surface area contributed by atoms with Crippen LogP contribution in [-0.4, -0.2) is 35.7 Å². The molecule has 2 aromatic rings. The van der Waals surface area contributed by atoms with Gasteiger partial charge in [0.25, 0.3) is 0 Å². The number of carbonyl (C=O) groups is 3. The van der Waals surface area contributed by atoms with Crippen LogP contribution in [0.2, 0.25) is 0 Å². The number of ketones is 1. The van der Waals surface area contributed by atoms with Crippen molar-refractivity contribution in [2.24, 2.45) is 17.3 Å². The molecule has 3 rings (SSSR count). The van der Waals surface area contributed by atoms with Gasteiger partial charge in [-0.2, -0.15) is 31.4 Å². The molecular formula is C26H36F6N2O3. The van der Waals surface area contributed by atoms with E-state index in [9.17, 15) is 31.1 Å². The van der Waals surface area contributed by atoms with Crippen LogP contribution < -0.4 is 0 Å². The Bertz CT molecular complexity index is 925. The summed E-state index contributed by atoms with van der Waals surface area (Å²) in [5.41, 5.74) is 2.15. The van der Waals surface area contributed by atoms with Crippen LogP contribution in [0.1, 0.15) is 74.8 Å². The topological polar surface area (TPSA) is 79.9 Å². The van der Waals surface area contributed by atoms with Gasteiger partial charge in [-0.15, -0.1) is 0 Å². The van der Waals surface area contributed by atoms with Crippen LogP contribution in [0.15, 0.2) is 30.3 Å². The van der Waals surface area contributed by atoms with Crippen molar-refractivity contribution in [2.45, 2.75) is 73.2 Å². The second-order valence-corrected chi connectivity index (χ2v) is 9.43. The van der Waals surface area contributed by atoms with Gasteiger partial charge in [0.2, 0.25) is 0 Å². The molecule has 0 unspecified atom stereocenters. The van der Waals surface area contributed by atoms with E-state index in [0.29, 0.717) is 11.5 Å². The number of benzene rings is 1. The van der Waals surface area contributed by atoms with Crippen molar-refractivity contribution in [2.75, 3.05) is 0 Å². The van der Waals surface area contributed by atoms with Gasteiger partial charge < -0.3 is 9.59 Å². The number of alkyl halides is 6. The average molecular weight is 539 g/mol. The second kappa shape index (κ2) is 16.0. The van der Waals surface area contributed by atoms with Crippen molar-refractivity contribution in [3.05, 3.63) is 52.8 Å². The fourth-order valence-corrected chi connectivity index (χ4v) is 3.68. The van der Waals surface area contributed by atoms with Gasteiger partial charge in [0.1, 0.15) is 25.0 Å². The summed E-state index contributed by atoms with van der Waals surface area (Å²) in [5, 5.41) is 4.92. The number of rotatable bonds is 4. The summed E-state index contributed by atoms with van der Waals surface area (Å²) in [6, 6.07) is 9.66. The number of hydrogen-bond acceptors (Lipinski definition) is 4. The number of Topliss-reactive ketones (excluding diaryl/α,β-unsaturated/α-hetero) is 1.